The maximum absolute atomic E-state index is 5.59. The van der Waals surface area contributed by atoms with Crippen molar-refractivity contribution in [3.05, 3.63) is 35.9 Å². The van der Waals surface area contributed by atoms with Crippen LogP contribution < -0.4 is 4.74 Å². The van der Waals surface area contributed by atoms with E-state index < -0.39 is 0 Å². The van der Waals surface area contributed by atoms with Crippen molar-refractivity contribution in [2.75, 3.05) is 11.9 Å². The molecule has 0 spiro atoms. The molecule has 0 atom stereocenters. The third-order valence-electron chi connectivity index (χ3n) is 2.17. The van der Waals surface area contributed by atoms with Crippen LogP contribution in [0.25, 0.3) is 5.57 Å². The van der Waals surface area contributed by atoms with E-state index in [1.54, 1.807) is 0 Å². The summed E-state index contributed by atoms with van der Waals surface area (Å²) in [5.41, 5.74) is 2.47. The molecule has 0 heterocycles. The van der Waals surface area contributed by atoms with Crippen LogP contribution in [0.3, 0.4) is 0 Å². The molecule has 0 radical (unpaired) electrons. The Morgan fingerprint density at radius 2 is 2.13 bits per heavy atom. The molecule has 0 amide bonds. The zero-order valence-corrected chi connectivity index (χ0v) is 10.9. The lowest BCUT2D eigenvalue weighted by Crippen LogP contribution is -1.95. The Morgan fingerprint density at radius 1 is 1.40 bits per heavy atom. The van der Waals surface area contributed by atoms with E-state index >= 15 is 0 Å². The fraction of sp³-hybridized carbons (Fsp3) is 0.385. The average molecular weight is 269 g/mol. The Kier molecular flexibility index (Phi) is 5.48. The highest BCUT2D eigenvalue weighted by Gasteiger charge is 2.03. The second-order valence-electron chi connectivity index (χ2n) is 3.29. The standard InChI is InChI=1S/C13H17BrO/c1-3-15-13-9-5-4-8-12(13)11(2)7-6-10-14/h4-5,7-9H,3,6,10H2,1-2H3. The lowest BCUT2D eigenvalue weighted by Gasteiger charge is -2.10. The molecule has 0 saturated carbocycles. The van der Waals surface area contributed by atoms with Crippen molar-refractivity contribution >= 4 is 21.5 Å². The third-order valence-corrected chi connectivity index (χ3v) is 2.63. The van der Waals surface area contributed by atoms with Crippen molar-refractivity contribution in [1.82, 2.24) is 0 Å². The molecule has 0 saturated heterocycles. The predicted molar refractivity (Wildman–Crippen MR) is 69.7 cm³/mol. The minimum absolute atomic E-state index is 0.711. The number of benzene rings is 1. The highest BCUT2D eigenvalue weighted by Crippen LogP contribution is 2.25. The summed E-state index contributed by atoms with van der Waals surface area (Å²) in [5.74, 6) is 0.975. The number of halogens is 1. The van der Waals surface area contributed by atoms with E-state index in [0.29, 0.717) is 6.61 Å². The molecule has 15 heavy (non-hydrogen) atoms. The minimum Gasteiger partial charge on any atom is -0.493 e. The van der Waals surface area contributed by atoms with Crippen molar-refractivity contribution in [1.29, 1.82) is 0 Å². The van der Waals surface area contributed by atoms with Crippen molar-refractivity contribution in [2.24, 2.45) is 0 Å². The number of rotatable bonds is 5. The van der Waals surface area contributed by atoms with Crippen molar-refractivity contribution in [3.63, 3.8) is 0 Å². The molecule has 0 aliphatic carbocycles. The van der Waals surface area contributed by atoms with Gasteiger partial charge < -0.3 is 4.74 Å². The monoisotopic (exact) mass is 268 g/mol. The average Bonchev–Trinajstić information content (AvgIpc) is 2.27. The number of hydrogen-bond acceptors (Lipinski definition) is 1. The first kappa shape index (κ1) is 12.3. The van der Waals surface area contributed by atoms with E-state index in [0.717, 1.165) is 17.5 Å². The molecule has 1 aromatic carbocycles. The van der Waals surface area contributed by atoms with Gasteiger partial charge in [0.25, 0.3) is 0 Å². The van der Waals surface area contributed by atoms with Gasteiger partial charge in [-0.15, -0.1) is 0 Å². The van der Waals surface area contributed by atoms with Crippen LogP contribution in [0.15, 0.2) is 30.3 Å². The Morgan fingerprint density at radius 3 is 2.80 bits per heavy atom. The molecule has 0 aliphatic rings. The van der Waals surface area contributed by atoms with Crippen molar-refractivity contribution < 1.29 is 4.74 Å². The largest absolute Gasteiger partial charge is 0.493 e. The van der Waals surface area contributed by atoms with E-state index in [-0.39, 0.29) is 0 Å². The van der Waals surface area contributed by atoms with Gasteiger partial charge in [-0.1, -0.05) is 40.2 Å². The third kappa shape index (κ3) is 3.71. The Bertz CT molecular complexity index is 331. The first-order valence-corrected chi connectivity index (χ1v) is 6.36. The molecule has 1 rings (SSSR count). The van der Waals surface area contributed by atoms with E-state index in [2.05, 4.69) is 35.0 Å². The van der Waals surface area contributed by atoms with Crippen molar-refractivity contribution in [2.45, 2.75) is 20.3 Å². The van der Waals surface area contributed by atoms with E-state index in [1.807, 2.05) is 25.1 Å². The quantitative estimate of drug-likeness (QED) is 0.725. The first-order valence-electron chi connectivity index (χ1n) is 5.24. The second kappa shape index (κ2) is 6.67. The Hall–Kier alpha value is -0.760. The van der Waals surface area contributed by atoms with Gasteiger partial charge >= 0.3 is 0 Å². The Balaban J connectivity index is 2.91. The topological polar surface area (TPSA) is 9.23 Å². The maximum atomic E-state index is 5.59. The van der Waals surface area contributed by atoms with Crippen LogP contribution in [-0.4, -0.2) is 11.9 Å². The van der Waals surface area contributed by atoms with E-state index in [1.165, 1.54) is 11.1 Å². The first-order chi connectivity index (χ1) is 7.29. The summed E-state index contributed by atoms with van der Waals surface area (Å²) in [5, 5.41) is 1.00. The highest BCUT2D eigenvalue weighted by molar-refractivity contribution is 9.09. The normalized spacial score (nSPS) is 11.5. The zero-order valence-electron chi connectivity index (χ0n) is 9.29. The second-order valence-corrected chi connectivity index (χ2v) is 4.09. The molecule has 2 heteroatoms. The molecule has 0 fully saturated rings. The highest BCUT2D eigenvalue weighted by atomic mass is 79.9. The van der Waals surface area contributed by atoms with E-state index in [9.17, 15) is 0 Å². The predicted octanol–water partition coefficient (Wildman–Crippen LogP) is 4.27. The van der Waals surface area contributed by atoms with Gasteiger partial charge in [0.15, 0.2) is 0 Å². The summed E-state index contributed by atoms with van der Waals surface area (Å²) in [4.78, 5) is 0. The summed E-state index contributed by atoms with van der Waals surface area (Å²) in [6, 6.07) is 8.17. The molecule has 1 nitrogen and oxygen atoms in total. The molecular weight excluding hydrogens is 252 g/mol. The van der Waals surface area contributed by atoms with Crippen LogP contribution in [0.2, 0.25) is 0 Å². The summed E-state index contributed by atoms with van der Waals surface area (Å²) in [6.07, 6.45) is 3.28. The number of ether oxygens (including phenoxy) is 1. The van der Waals surface area contributed by atoms with Crippen LogP contribution in [0.1, 0.15) is 25.8 Å². The maximum Gasteiger partial charge on any atom is 0.126 e. The fourth-order valence-electron chi connectivity index (χ4n) is 1.45. The lowest BCUT2D eigenvalue weighted by molar-refractivity contribution is 0.339. The van der Waals surface area contributed by atoms with Crippen LogP contribution in [0, 0.1) is 0 Å². The van der Waals surface area contributed by atoms with Gasteiger partial charge in [-0.2, -0.15) is 0 Å². The summed E-state index contributed by atoms with van der Waals surface area (Å²) < 4.78 is 5.59. The smallest absolute Gasteiger partial charge is 0.126 e. The van der Waals surface area contributed by atoms with Crippen LogP contribution in [0.4, 0.5) is 0 Å². The molecule has 0 unspecified atom stereocenters. The number of para-hydroxylation sites is 1. The summed E-state index contributed by atoms with van der Waals surface area (Å²) >= 11 is 3.42. The Labute approximate surface area is 100 Å². The zero-order chi connectivity index (χ0) is 11.1. The van der Waals surface area contributed by atoms with Gasteiger partial charge in [-0.3, -0.25) is 0 Å². The molecular formula is C13H17BrO. The van der Waals surface area contributed by atoms with Gasteiger partial charge in [0.1, 0.15) is 5.75 Å². The number of hydrogen-bond donors (Lipinski definition) is 0. The van der Waals surface area contributed by atoms with Crippen LogP contribution in [-0.2, 0) is 0 Å². The number of allylic oxidation sites excluding steroid dienone is 2. The van der Waals surface area contributed by atoms with Gasteiger partial charge in [-0.25, -0.2) is 0 Å². The summed E-state index contributed by atoms with van der Waals surface area (Å²) in [7, 11) is 0. The number of alkyl halides is 1. The van der Waals surface area contributed by atoms with Crippen molar-refractivity contribution in [3.8, 4) is 5.75 Å². The van der Waals surface area contributed by atoms with Gasteiger partial charge in [0.2, 0.25) is 0 Å². The SMILES string of the molecule is CCOc1ccccc1C(C)=CCCBr. The van der Waals surface area contributed by atoms with Crippen LogP contribution >= 0.6 is 15.9 Å². The molecule has 1 aromatic rings. The molecule has 0 aliphatic heterocycles. The van der Waals surface area contributed by atoms with Gasteiger partial charge in [-0.05, 0) is 31.9 Å². The van der Waals surface area contributed by atoms with Crippen LogP contribution in [0.5, 0.6) is 5.75 Å². The lowest BCUT2D eigenvalue weighted by atomic mass is 10.1. The molecule has 0 N–H and O–H groups in total. The van der Waals surface area contributed by atoms with E-state index in [4.69, 9.17) is 4.74 Å². The molecule has 0 aromatic heterocycles. The molecule has 82 valence electrons. The van der Waals surface area contributed by atoms with Gasteiger partial charge in [0.05, 0.1) is 6.61 Å². The minimum atomic E-state index is 0.711. The summed E-state index contributed by atoms with van der Waals surface area (Å²) in [6.45, 7) is 4.84. The molecule has 0 bridgehead atoms. The fourth-order valence-corrected chi connectivity index (χ4v) is 1.68. The van der Waals surface area contributed by atoms with Gasteiger partial charge in [0, 0.05) is 10.9 Å².